The van der Waals surface area contributed by atoms with Crippen LogP contribution in [0.25, 0.3) is 0 Å². The zero-order valence-corrected chi connectivity index (χ0v) is 17.2. The highest BCUT2D eigenvalue weighted by Crippen LogP contribution is 2.36. The number of hydrazine groups is 1. The topological polar surface area (TPSA) is 118 Å². The molecule has 4 N–H and O–H groups in total. The summed E-state index contributed by atoms with van der Waals surface area (Å²) in [5, 5.41) is 0.865. The van der Waals surface area contributed by atoms with Crippen LogP contribution in [0.5, 0.6) is 5.75 Å². The van der Waals surface area contributed by atoms with Gasteiger partial charge >= 0.3 is 6.03 Å². The molecule has 162 valence electrons. The third kappa shape index (κ3) is 4.69. The fourth-order valence-electron chi connectivity index (χ4n) is 3.42. The Balaban J connectivity index is 1.44. The monoisotopic (exact) mass is 423 g/mol. The number of ether oxygens (including phenoxy) is 3. The number of hydrogen-bond acceptors (Lipinski definition) is 6. The summed E-state index contributed by atoms with van der Waals surface area (Å²) in [6, 6.07) is 14.1. The number of nitrogens with zero attached hydrogens (tertiary/aromatic N) is 3. The Morgan fingerprint density at radius 3 is 2.65 bits per heavy atom. The molecule has 2 atom stereocenters. The highest BCUT2D eigenvalue weighted by atomic mass is 16.8. The van der Waals surface area contributed by atoms with Crippen molar-refractivity contribution in [1.29, 1.82) is 0 Å². The van der Waals surface area contributed by atoms with E-state index >= 15 is 0 Å². The lowest BCUT2D eigenvalue weighted by molar-refractivity contribution is -0.189. The van der Waals surface area contributed by atoms with Crippen molar-refractivity contribution in [3.05, 3.63) is 78.4 Å². The molecule has 1 saturated heterocycles. The molecule has 3 aromatic rings. The first-order valence-corrected chi connectivity index (χ1v) is 9.87. The van der Waals surface area contributed by atoms with Gasteiger partial charge in [0.15, 0.2) is 0 Å². The first-order chi connectivity index (χ1) is 14.9. The van der Waals surface area contributed by atoms with Crippen molar-refractivity contribution in [3.63, 3.8) is 0 Å². The maximum atomic E-state index is 11.2. The average Bonchev–Trinajstić information content (AvgIpc) is 3.43. The fourth-order valence-corrected chi connectivity index (χ4v) is 3.42. The van der Waals surface area contributed by atoms with Crippen molar-refractivity contribution in [2.45, 2.75) is 25.4 Å². The summed E-state index contributed by atoms with van der Waals surface area (Å²) in [7, 11) is 0. The van der Waals surface area contributed by atoms with E-state index in [0.717, 1.165) is 16.1 Å². The van der Waals surface area contributed by atoms with Gasteiger partial charge in [-0.15, -0.1) is 0 Å². The Morgan fingerprint density at radius 1 is 1.26 bits per heavy atom. The van der Waals surface area contributed by atoms with Crippen LogP contribution < -0.4 is 21.3 Å². The van der Waals surface area contributed by atoms with E-state index in [0.29, 0.717) is 31.2 Å². The van der Waals surface area contributed by atoms with Crippen molar-refractivity contribution in [3.8, 4) is 5.75 Å². The normalized spacial score (nSPS) is 20.5. The molecule has 0 saturated carbocycles. The van der Waals surface area contributed by atoms with E-state index < -0.39 is 11.8 Å². The third-order valence-corrected chi connectivity index (χ3v) is 5.09. The molecule has 9 nitrogen and oxygen atoms in total. The van der Waals surface area contributed by atoms with Gasteiger partial charge in [-0.2, -0.15) is 0 Å². The molecule has 2 heterocycles. The third-order valence-electron chi connectivity index (χ3n) is 5.09. The minimum atomic E-state index is -0.923. The van der Waals surface area contributed by atoms with Gasteiger partial charge in [0.2, 0.25) is 5.79 Å². The fraction of sp³-hybridized carbons (Fsp3) is 0.273. The predicted octanol–water partition coefficient (Wildman–Crippen LogP) is 2.30. The minimum absolute atomic E-state index is 0.263. The predicted molar refractivity (Wildman–Crippen MR) is 114 cm³/mol. The quantitative estimate of drug-likeness (QED) is 0.342. The van der Waals surface area contributed by atoms with Crippen molar-refractivity contribution < 1.29 is 19.0 Å². The Kier molecular flexibility index (Phi) is 5.90. The summed E-state index contributed by atoms with van der Waals surface area (Å²) < 4.78 is 20.4. The molecule has 2 amide bonds. The highest BCUT2D eigenvalue weighted by Gasteiger charge is 2.44. The number of carbonyl (C=O) groups excluding carboxylic acids is 1. The molecule has 1 aliphatic rings. The van der Waals surface area contributed by atoms with Gasteiger partial charge in [-0.3, -0.25) is 0 Å². The summed E-state index contributed by atoms with van der Waals surface area (Å²) in [6.07, 6.45) is 5.07. The molecule has 4 rings (SSSR count). The van der Waals surface area contributed by atoms with Crippen molar-refractivity contribution in [1.82, 2.24) is 9.55 Å². The number of aromatic nitrogens is 2. The summed E-state index contributed by atoms with van der Waals surface area (Å²) >= 11 is 0. The Hall–Kier alpha value is -3.40. The van der Waals surface area contributed by atoms with E-state index in [1.54, 1.807) is 36.8 Å². The van der Waals surface area contributed by atoms with Gasteiger partial charge in [0, 0.05) is 18.0 Å². The minimum Gasteiger partial charge on any atom is -0.491 e. The number of amides is 2. The number of nitrogens with two attached hydrogens (primary N) is 2. The van der Waals surface area contributed by atoms with Gasteiger partial charge in [-0.25, -0.2) is 20.6 Å². The summed E-state index contributed by atoms with van der Waals surface area (Å²) in [5.41, 5.74) is 7.74. The number of carbonyl (C=O) groups is 1. The van der Waals surface area contributed by atoms with Crippen LogP contribution in [0.2, 0.25) is 0 Å². The summed E-state index contributed by atoms with van der Waals surface area (Å²) in [6.45, 7) is 3.20. The second-order valence-electron chi connectivity index (χ2n) is 7.42. The summed E-state index contributed by atoms with van der Waals surface area (Å²) in [4.78, 5) is 15.3. The number of benzene rings is 2. The number of rotatable bonds is 7. The van der Waals surface area contributed by atoms with E-state index in [9.17, 15) is 4.79 Å². The molecular formula is C22H25N5O4. The summed E-state index contributed by atoms with van der Waals surface area (Å²) in [5.74, 6) is 5.28. The van der Waals surface area contributed by atoms with E-state index in [1.165, 1.54) is 0 Å². The van der Waals surface area contributed by atoms with Crippen LogP contribution in [0, 0.1) is 6.92 Å². The van der Waals surface area contributed by atoms with E-state index in [1.807, 2.05) is 42.0 Å². The Bertz CT molecular complexity index is 1010. The molecule has 2 aromatic carbocycles. The molecular weight excluding hydrogens is 398 g/mol. The number of hydrogen-bond donors (Lipinski definition) is 2. The van der Waals surface area contributed by atoms with Gasteiger partial charge in [0.05, 0.1) is 25.2 Å². The zero-order valence-electron chi connectivity index (χ0n) is 17.2. The number of urea groups is 1. The maximum Gasteiger partial charge on any atom is 0.333 e. The molecule has 0 spiro atoms. The second kappa shape index (κ2) is 8.76. The smallest absolute Gasteiger partial charge is 0.333 e. The molecule has 2 unspecified atom stereocenters. The first-order valence-electron chi connectivity index (χ1n) is 9.87. The van der Waals surface area contributed by atoms with Gasteiger partial charge in [-0.05, 0) is 31.2 Å². The Labute approximate surface area is 180 Å². The largest absolute Gasteiger partial charge is 0.491 e. The molecule has 9 heteroatoms. The lowest BCUT2D eigenvalue weighted by Gasteiger charge is -2.29. The van der Waals surface area contributed by atoms with Crippen molar-refractivity contribution >= 4 is 11.7 Å². The standard InChI is InChI=1S/C22H25N5O4/c1-16-2-4-17(5-3-16)22(14-26-11-10-25-15-26)30-13-20(31-22)12-29-19-8-6-18(7-9-19)27(24)21(23)28/h2-11,15,20H,12-14,24H2,1H3,(H2,23,28). The average molecular weight is 423 g/mol. The Morgan fingerprint density at radius 2 is 2.00 bits per heavy atom. The zero-order chi connectivity index (χ0) is 21.8. The van der Waals surface area contributed by atoms with Crippen LogP contribution >= 0.6 is 0 Å². The molecule has 0 radical (unpaired) electrons. The van der Waals surface area contributed by atoms with Crippen LogP contribution in [0.4, 0.5) is 10.5 Å². The van der Waals surface area contributed by atoms with Gasteiger partial charge in [0.25, 0.3) is 0 Å². The van der Waals surface area contributed by atoms with Gasteiger partial charge < -0.3 is 24.5 Å². The SMILES string of the molecule is Cc1ccc(C2(Cn3ccnc3)OCC(COc3ccc(N(N)C(N)=O)cc3)O2)cc1. The van der Waals surface area contributed by atoms with E-state index in [2.05, 4.69) is 4.98 Å². The number of primary amides is 1. The number of imidazole rings is 1. The first kappa shape index (κ1) is 20.9. The number of anilines is 1. The maximum absolute atomic E-state index is 11.2. The molecule has 0 bridgehead atoms. The van der Waals surface area contributed by atoms with Crippen molar-refractivity contribution in [2.24, 2.45) is 11.6 Å². The van der Waals surface area contributed by atoms with Crippen LogP contribution in [0.1, 0.15) is 11.1 Å². The highest BCUT2D eigenvalue weighted by molar-refractivity contribution is 5.89. The molecule has 31 heavy (non-hydrogen) atoms. The van der Waals surface area contributed by atoms with E-state index in [4.69, 9.17) is 25.8 Å². The molecule has 1 aromatic heterocycles. The lowest BCUT2D eigenvalue weighted by Crippen LogP contribution is -2.41. The van der Waals surface area contributed by atoms with Gasteiger partial charge in [-0.1, -0.05) is 29.8 Å². The van der Waals surface area contributed by atoms with Crippen LogP contribution in [-0.2, 0) is 21.8 Å². The molecule has 1 fully saturated rings. The molecule has 0 aliphatic carbocycles. The number of aryl methyl sites for hydroxylation is 1. The lowest BCUT2D eigenvalue weighted by atomic mass is 10.0. The van der Waals surface area contributed by atoms with E-state index in [-0.39, 0.29) is 6.10 Å². The van der Waals surface area contributed by atoms with Crippen LogP contribution in [-0.4, -0.2) is 34.9 Å². The molecule has 1 aliphatic heterocycles. The van der Waals surface area contributed by atoms with Crippen LogP contribution in [0.3, 0.4) is 0 Å². The van der Waals surface area contributed by atoms with Crippen LogP contribution in [0.15, 0.2) is 67.3 Å². The van der Waals surface area contributed by atoms with Crippen molar-refractivity contribution in [2.75, 3.05) is 18.2 Å². The second-order valence-corrected chi connectivity index (χ2v) is 7.42. The van der Waals surface area contributed by atoms with Gasteiger partial charge in [0.1, 0.15) is 18.5 Å².